The van der Waals surface area contributed by atoms with E-state index in [1.54, 1.807) is 6.33 Å². The summed E-state index contributed by atoms with van der Waals surface area (Å²) in [5.41, 5.74) is 4.71. The predicted molar refractivity (Wildman–Crippen MR) is 139 cm³/mol. The highest BCUT2D eigenvalue weighted by Crippen LogP contribution is 2.32. The second-order valence-corrected chi connectivity index (χ2v) is 10.4. The summed E-state index contributed by atoms with van der Waals surface area (Å²) in [5, 5.41) is 8.99. The minimum atomic E-state index is 0.689. The summed E-state index contributed by atoms with van der Waals surface area (Å²) in [7, 11) is 0. The van der Waals surface area contributed by atoms with Crippen LogP contribution in [-0.2, 0) is 6.42 Å². The number of anilines is 2. The number of aromatic nitrogens is 4. The van der Waals surface area contributed by atoms with Crippen molar-refractivity contribution in [2.45, 2.75) is 39.0 Å². The van der Waals surface area contributed by atoms with Gasteiger partial charge in [0.1, 0.15) is 16.7 Å². The zero-order valence-electron chi connectivity index (χ0n) is 19.2. The van der Waals surface area contributed by atoms with E-state index < -0.39 is 0 Å². The normalized spacial score (nSPS) is 17.8. The van der Waals surface area contributed by atoms with Gasteiger partial charge in [0, 0.05) is 36.9 Å². The molecule has 0 aliphatic carbocycles. The van der Waals surface area contributed by atoms with Crippen LogP contribution in [0.3, 0.4) is 0 Å². The molecule has 2 aromatic heterocycles. The summed E-state index contributed by atoms with van der Waals surface area (Å²) in [6.07, 6.45) is 7.96. The molecule has 7 nitrogen and oxygen atoms in total. The number of hydrogen-bond donors (Lipinski definition) is 1. The van der Waals surface area contributed by atoms with Crippen LogP contribution in [0.15, 0.2) is 23.1 Å². The number of piperazine rings is 1. The standard InChI is InChI=1S/C24H31BrClN7/c1-17-18(6-5-9-31-7-3-2-4-8-31)14-19(26)15-20(17)32-10-12-33(13-11-32)24-21-22(25)29-30-23(21)27-16-28-24/h14-16H,2-13H2,1H3,(H,27,28,29,30). The third kappa shape index (κ3) is 4.98. The van der Waals surface area contributed by atoms with Crippen molar-refractivity contribution in [1.29, 1.82) is 0 Å². The number of likely N-dealkylation sites (tertiary alicyclic amines) is 1. The van der Waals surface area contributed by atoms with Crippen molar-refractivity contribution in [3.63, 3.8) is 0 Å². The van der Waals surface area contributed by atoms with Crippen molar-refractivity contribution in [2.75, 3.05) is 55.6 Å². The van der Waals surface area contributed by atoms with Gasteiger partial charge in [-0.15, -0.1) is 0 Å². The van der Waals surface area contributed by atoms with E-state index in [0.717, 1.165) is 53.4 Å². The molecule has 2 saturated heterocycles. The Morgan fingerprint density at radius 2 is 1.76 bits per heavy atom. The molecule has 2 aliphatic rings. The Hall–Kier alpha value is -1.90. The summed E-state index contributed by atoms with van der Waals surface area (Å²) in [6, 6.07) is 4.30. The maximum atomic E-state index is 6.58. The first-order chi connectivity index (χ1) is 16.1. The monoisotopic (exact) mass is 531 g/mol. The number of benzene rings is 1. The first-order valence-corrected chi connectivity index (χ1v) is 13.1. The molecule has 9 heteroatoms. The Bertz CT molecular complexity index is 1100. The molecule has 0 bridgehead atoms. The van der Waals surface area contributed by atoms with E-state index in [-0.39, 0.29) is 0 Å². The number of nitrogens with one attached hydrogen (secondary N) is 1. The van der Waals surface area contributed by atoms with E-state index in [9.17, 15) is 0 Å². The van der Waals surface area contributed by atoms with Gasteiger partial charge in [0.05, 0.1) is 5.39 Å². The first kappa shape index (κ1) is 22.9. The molecule has 1 N–H and O–H groups in total. The summed E-state index contributed by atoms with van der Waals surface area (Å²) >= 11 is 10.1. The second kappa shape index (κ2) is 10.2. The lowest BCUT2D eigenvalue weighted by molar-refractivity contribution is 0.226. The number of aryl methyl sites for hydroxylation is 1. The second-order valence-electron chi connectivity index (χ2n) is 9.12. The largest absolute Gasteiger partial charge is 0.368 e. The summed E-state index contributed by atoms with van der Waals surface area (Å²) in [5.74, 6) is 0.932. The number of piperidine rings is 1. The van der Waals surface area contributed by atoms with E-state index in [1.807, 2.05) is 0 Å². The van der Waals surface area contributed by atoms with E-state index in [1.165, 1.54) is 62.1 Å². The van der Waals surface area contributed by atoms with Crippen LogP contribution < -0.4 is 9.80 Å². The van der Waals surface area contributed by atoms with Gasteiger partial charge < -0.3 is 14.7 Å². The summed E-state index contributed by atoms with van der Waals surface area (Å²) < 4.78 is 0.829. The van der Waals surface area contributed by atoms with Gasteiger partial charge in [0.25, 0.3) is 0 Å². The molecule has 5 rings (SSSR count). The van der Waals surface area contributed by atoms with Crippen LogP contribution in [-0.4, -0.2) is 70.9 Å². The number of fused-ring (bicyclic) bond motifs is 1. The zero-order chi connectivity index (χ0) is 22.8. The molecule has 2 fully saturated rings. The number of hydrogen-bond acceptors (Lipinski definition) is 6. The highest BCUT2D eigenvalue weighted by atomic mass is 79.9. The van der Waals surface area contributed by atoms with Crippen LogP contribution in [0.4, 0.5) is 11.5 Å². The van der Waals surface area contributed by atoms with Crippen LogP contribution in [0.1, 0.15) is 36.8 Å². The van der Waals surface area contributed by atoms with Crippen molar-refractivity contribution >= 4 is 50.1 Å². The van der Waals surface area contributed by atoms with Crippen LogP contribution in [0.25, 0.3) is 11.0 Å². The van der Waals surface area contributed by atoms with Gasteiger partial charge >= 0.3 is 0 Å². The van der Waals surface area contributed by atoms with Crippen LogP contribution in [0, 0.1) is 6.92 Å². The van der Waals surface area contributed by atoms with Crippen LogP contribution in [0.2, 0.25) is 5.02 Å². The van der Waals surface area contributed by atoms with Gasteiger partial charge in [-0.1, -0.05) is 18.0 Å². The molecule has 0 radical (unpaired) electrons. The quantitative estimate of drug-likeness (QED) is 0.491. The van der Waals surface area contributed by atoms with E-state index in [0.29, 0.717) is 5.65 Å². The van der Waals surface area contributed by atoms with Crippen molar-refractivity contribution in [3.05, 3.63) is 39.2 Å². The number of rotatable bonds is 6. The van der Waals surface area contributed by atoms with Gasteiger partial charge in [-0.05, 0) is 91.4 Å². The van der Waals surface area contributed by atoms with Gasteiger partial charge in [-0.2, -0.15) is 5.10 Å². The van der Waals surface area contributed by atoms with E-state index in [4.69, 9.17) is 11.6 Å². The molecular formula is C24H31BrClN7. The molecule has 176 valence electrons. The minimum Gasteiger partial charge on any atom is -0.368 e. The lowest BCUT2D eigenvalue weighted by atomic mass is 10.0. The number of halogens is 2. The average molecular weight is 533 g/mol. The molecule has 0 spiro atoms. The molecule has 33 heavy (non-hydrogen) atoms. The van der Waals surface area contributed by atoms with Crippen LogP contribution in [0.5, 0.6) is 0 Å². The fraction of sp³-hybridized carbons (Fsp3) is 0.542. The van der Waals surface area contributed by atoms with E-state index in [2.05, 4.69) is 69.9 Å². The van der Waals surface area contributed by atoms with Crippen molar-refractivity contribution < 1.29 is 0 Å². The van der Waals surface area contributed by atoms with E-state index >= 15 is 0 Å². The summed E-state index contributed by atoms with van der Waals surface area (Å²) in [6.45, 7) is 9.60. The average Bonchev–Trinajstić information content (AvgIpc) is 3.23. The predicted octanol–water partition coefficient (Wildman–Crippen LogP) is 4.82. The third-order valence-electron chi connectivity index (χ3n) is 7.03. The molecule has 0 amide bonds. The lowest BCUT2D eigenvalue weighted by Gasteiger charge is -2.38. The molecule has 3 aromatic rings. The highest BCUT2D eigenvalue weighted by Gasteiger charge is 2.24. The summed E-state index contributed by atoms with van der Waals surface area (Å²) in [4.78, 5) is 16.2. The number of H-pyrrole nitrogens is 1. The first-order valence-electron chi connectivity index (χ1n) is 12.0. The van der Waals surface area contributed by atoms with Crippen molar-refractivity contribution in [2.24, 2.45) is 0 Å². The maximum Gasteiger partial charge on any atom is 0.187 e. The van der Waals surface area contributed by atoms with Crippen molar-refractivity contribution in [1.82, 2.24) is 25.1 Å². The maximum absolute atomic E-state index is 6.58. The SMILES string of the molecule is Cc1c(CCCN2CCCCC2)cc(Cl)cc1N1CCN(c2ncnc3n[nH]c(Br)c23)CC1. The minimum absolute atomic E-state index is 0.689. The molecular weight excluding hydrogens is 502 g/mol. The van der Waals surface area contributed by atoms with Crippen LogP contribution >= 0.6 is 27.5 Å². The Kier molecular flexibility index (Phi) is 7.04. The fourth-order valence-corrected chi connectivity index (χ4v) is 5.87. The van der Waals surface area contributed by atoms with Crippen molar-refractivity contribution in [3.8, 4) is 0 Å². The molecule has 1 aromatic carbocycles. The molecule has 4 heterocycles. The molecule has 0 saturated carbocycles. The smallest absolute Gasteiger partial charge is 0.187 e. The van der Waals surface area contributed by atoms with Gasteiger partial charge in [-0.25, -0.2) is 9.97 Å². The molecule has 0 unspecified atom stereocenters. The fourth-order valence-electron chi connectivity index (χ4n) is 5.19. The Balaban J connectivity index is 1.26. The highest BCUT2D eigenvalue weighted by molar-refractivity contribution is 9.10. The lowest BCUT2D eigenvalue weighted by Crippen LogP contribution is -2.47. The van der Waals surface area contributed by atoms with Gasteiger partial charge in [0.2, 0.25) is 0 Å². The van der Waals surface area contributed by atoms with Gasteiger partial charge in [0.15, 0.2) is 5.65 Å². The Labute approximate surface area is 208 Å². The zero-order valence-corrected chi connectivity index (χ0v) is 21.5. The topological polar surface area (TPSA) is 64.2 Å². The number of aromatic amines is 1. The molecule has 2 aliphatic heterocycles. The van der Waals surface area contributed by atoms with Gasteiger partial charge in [-0.3, -0.25) is 5.10 Å². The molecule has 0 atom stereocenters. The number of nitrogens with zero attached hydrogens (tertiary/aromatic N) is 6. The Morgan fingerprint density at radius 1 is 1.00 bits per heavy atom. The Morgan fingerprint density at radius 3 is 2.55 bits per heavy atom. The third-order valence-corrected chi connectivity index (χ3v) is 7.82.